The third kappa shape index (κ3) is 4.30. The summed E-state index contributed by atoms with van der Waals surface area (Å²) in [7, 11) is 0. The van der Waals surface area contributed by atoms with E-state index >= 15 is 0 Å². The van der Waals surface area contributed by atoms with Crippen molar-refractivity contribution in [2.75, 3.05) is 5.32 Å². The Morgan fingerprint density at radius 3 is 2.69 bits per heavy atom. The van der Waals surface area contributed by atoms with E-state index in [9.17, 15) is 4.79 Å². The first-order chi connectivity index (χ1) is 12.5. The van der Waals surface area contributed by atoms with Crippen molar-refractivity contribution in [1.29, 1.82) is 0 Å². The highest BCUT2D eigenvalue weighted by Gasteiger charge is 2.12. The minimum atomic E-state index is -0.142. The predicted molar refractivity (Wildman–Crippen MR) is 102 cm³/mol. The number of nitrogens with one attached hydrogen (secondary N) is 1. The Labute approximate surface area is 153 Å². The van der Waals surface area contributed by atoms with E-state index < -0.39 is 0 Å². The topological polar surface area (TPSA) is 67.8 Å². The largest absolute Gasteiger partial charge is 0.321 e. The van der Waals surface area contributed by atoms with Gasteiger partial charge in [0.2, 0.25) is 0 Å². The Bertz CT molecular complexity index is 923. The summed E-state index contributed by atoms with van der Waals surface area (Å²) in [5, 5.41) is 2.88. The van der Waals surface area contributed by atoms with E-state index in [0.29, 0.717) is 17.7 Å². The van der Waals surface area contributed by atoms with Crippen LogP contribution in [-0.2, 0) is 12.8 Å². The molecule has 2 heterocycles. The van der Waals surface area contributed by atoms with Crippen LogP contribution in [0.2, 0.25) is 0 Å². The van der Waals surface area contributed by atoms with Crippen molar-refractivity contribution < 1.29 is 4.79 Å². The lowest BCUT2D eigenvalue weighted by Gasteiger charge is -2.10. The van der Waals surface area contributed by atoms with Gasteiger partial charge in [0, 0.05) is 29.6 Å². The van der Waals surface area contributed by atoms with Crippen LogP contribution in [0.4, 0.5) is 5.69 Å². The summed E-state index contributed by atoms with van der Waals surface area (Å²) in [6.45, 7) is 5.99. The van der Waals surface area contributed by atoms with Gasteiger partial charge in [0.25, 0.3) is 5.91 Å². The third-order valence-corrected chi connectivity index (χ3v) is 4.14. The Hall–Kier alpha value is -3.08. The molecule has 0 spiro atoms. The molecule has 2 aromatic heterocycles. The van der Waals surface area contributed by atoms with Crippen molar-refractivity contribution in [3.05, 3.63) is 82.7 Å². The molecule has 1 aromatic carbocycles. The molecule has 5 nitrogen and oxygen atoms in total. The van der Waals surface area contributed by atoms with Gasteiger partial charge in [0.1, 0.15) is 5.82 Å². The minimum Gasteiger partial charge on any atom is -0.321 e. The van der Waals surface area contributed by atoms with Gasteiger partial charge in [-0.25, -0.2) is 9.97 Å². The molecule has 1 N–H and O–H groups in total. The lowest BCUT2D eigenvalue weighted by Crippen LogP contribution is -2.14. The SMILES string of the molecule is CCc1cc(C)nc(Cc2ccc(C)c(C(=O)Nc3cccnc3)c2)n1. The molecule has 0 bridgehead atoms. The summed E-state index contributed by atoms with van der Waals surface area (Å²) >= 11 is 0. The fourth-order valence-electron chi connectivity index (χ4n) is 2.80. The highest BCUT2D eigenvalue weighted by molar-refractivity contribution is 6.05. The molecule has 0 radical (unpaired) electrons. The van der Waals surface area contributed by atoms with Crippen LogP contribution >= 0.6 is 0 Å². The van der Waals surface area contributed by atoms with E-state index in [-0.39, 0.29) is 5.91 Å². The standard InChI is InChI=1S/C21H22N4O/c1-4-17-10-15(3)23-20(24-17)12-16-8-7-14(2)19(11-16)21(26)25-18-6-5-9-22-13-18/h5-11,13H,4,12H2,1-3H3,(H,25,26). The zero-order chi connectivity index (χ0) is 18.5. The van der Waals surface area contributed by atoms with Crippen molar-refractivity contribution >= 4 is 11.6 Å². The molecule has 0 saturated carbocycles. The van der Waals surface area contributed by atoms with Gasteiger partial charge < -0.3 is 5.32 Å². The molecule has 0 saturated heterocycles. The summed E-state index contributed by atoms with van der Waals surface area (Å²) in [4.78, 5) is 25.8. The number of hydrogen-bond donors (Lipinski definition) is 1. The molecule has 0 atom stereocenters. The first kappa shape index (κ1) is 17.7. The predicted octanol–water partition coefficient (Wildman–Crippen LogP) is 3.89. The molecule has 5 heteroatoms. The van der Waals surface area contributed by atoms with Gasteiger partial charge in [0.05, 0.1) is 11.9 Å². The van der Waals surface area contributed by atoms with Crippen LogP contribution < -0.4 is 5.32 Å². The second-order valence-corrected chi connectivity index (χ2v) is 6.29. The fourth-order valence-corrected chi connectivity index (χ4v) is 2.80. The van der Waals surface area contributed by atoms with E-state index in [0.717, 1.165) is 34.8 Å². The fraction of sp³-hybridized carbons (Fsp3) is 0.238. The van der Waals surface area contributed by atoms with E-state index in [1.165, 1.54) is 0 Å². The molecule has 1 amide bonds. The first-order valence-corrected chi connectivity index (χ1v) is 8.69. The summed E-state index contributed by atoms with van der Waals surface area (Å²) < 4.78 is 0. The zero-order valence-corrected chi connectivity index (χ0v) is 15.3. The molecule has 0 fully saturated rings. The quantitative estimate of drug-likeness (QED) is 0.761. The van der Waals surface area contributed by atoms with Gasteiger partial charge in [-0.3, -0.25) is 9.78 Å². The van der Waals surface area contributed by atoms with Crippen LogP contribution in [0.25, 0.3) is 0 Å². The summed E-state index contributed by atoms with van der Waals surface area (Å²) in [6, 6.07) is 11.5. The average molecular weight is 346 g/mol. The maximum atomic E-state index is 12.6. The molecule has 3 rings (SSSR count). The molecule has 26 heavy (non-hydrogen) atoms. The number of aromatic nitrogens is 3. The molecule has 0 aliphatic heterocycles. The molecule has 3 aromatic rings. The van der Waals surface area contributed by atoms with Gasteiger partial charge in [-0.15, -0.1) is 0 Å². The average Bonchev–Trinajstić information content (AvgIpc) is 2.63. The Balaban J connectivity index is 1.83. The van der Waals surface area contributed by atoms with E-state index in [2.05, 4.69) is 27.2 Å². The molecule has 0 aliphatic rings. The summed E-state index contributed by atoms with van der Waals surface area (Å²) in [5.41, 5.74) is 5.27. The van der Waals surface area contributed by atoms with Gasteiger partial charge in [0.15, 0.2) is 0 Å². The molecular weight excluding hydrogens is 324 g/mol. The number of carbonyl (C=O) groups is 1. The molecule has 132 valence electrons. The van der Waals surface area contributed by atoms with Crippen LogP contribution in [0.1, 0.15) is 45.6 Å². The first-order valence-electron chi connectivity index (χ1n) is 8.69. The van der Waals surface area contributed by atoms with Crippen LogP contribution in [-0.4, -0.2) is 20.9 Å². The third-order valence-electron chi connectivity index (χ3n) is 4.14. The second-order valence-electron chi connectivity index (χ2n) is 6.29. The Morgan fingerprint density at radius 2 is 1.96 bits per heavy atom. The number of rotatable bonds is 5. The number of amides is 1. The van der Waals surface area contributed by atoms with Crippen molar-refractivity contribution in [3.63, 3.8) is 0 Å². The monoisotopic (exact) mass is 346 g/mol. The van der Waals surface area contributed by atoms with E-state index in [1.54, 1.807) is 18.5 Å². The zero-order valence-electron chi connectivity index (χ0n) is 15.3. The normalized spacial score (nSPS) is 10.6. The maximum Gasteiger partial charge on any atom is 0.255 e. The van der Waals surface area contributed by atoms with Crippen LogP contribution in [0.5, 0.6) is 0 Å². The Kier molecular flexibility index (Phi) is 5.37. The van der Waals surface area contributed by atoms with Crippen molar-refractivity contribution in [3.8, 4) is 0 Å². The van der Waals surface area contributed by atoms with Crippen molar-refractivity contribution in [1.82, 2.24) is 15.0 Å². The van der Waals surface area contributed by atoms with Crippen molar-refractivity contribution in [2.24, 2.45) is 0 Å². The van der Waals surface area contributed by atoms with Crippen LogP contribution in [0.15, 0.2) is 48.8 Å². The number of anilines is 1. The van der Waals surface area contributed by atoms with Gasteiger partial charge in [-0.2, -0.15) is 0 Å². The van der Waals surface area contributed by atoms with Crippen LogP contribution in [0.3, 0.4) is 0 Å². The number of hydrogen-bond acceptors (Lipinski definition) is 4. The van der Waals surface area contributed by atoms with Gasteiger partial charge in [-0.05, 0) is 55.7 Å². The second kappa shape index (κ2) is 7.87. The maximum absolute atomic E-state index is 12.6. The summed E-state index contributed by atoms with van der Waals surface area (Å²) in [6.07, 6.45) is 4.78. The number of pyridine rings is 1. The smallest absolute Gasteiger partial charge is 0.255 e. The van der Waals surface area contributed by atoms with E-state index in [4.69, 9.17) is 0 Å². The van der Waals surface area contributed by atoms with Gasteiger partial charge in [-0.1, -0.05) is 19.1 Å². The number of benzene rings is 1. The molecule has 0 unspecified atom stereocenters. The molecule has 0 aliphatic carbocycles. The van der Waals surface area contributed by atoms with Crippen LogP contribution in [0, 0.1) is 13.8 Å². The number of aryl methyl sites for hydroxylation is 3. The molecular formula is C21H22N4O. The lowest BCUT2D eigenvalue weighted by atomic mass is 10.0. The van der Waals surface area contributed by atoms with E-state index in [1.807, 2.05) is 44.2 Å². The Morgan fingerprint density at radius 1 is 1.12 bits per heavy atom. The number of nitrogens with zero attached hydrogens (tertiary/aromatic N) is 3. The number of carbonyl (C=O) groups excluding carboxylic acids is 1. The lowest BCUT2D eigenvalue weighted by molar-refractivity contribution is 0.102. The van der Waals surface area contributed by atoms with Gasteiger partial charge >= 0.3 is 0 Å². The minimum absolute atomic E-state index is 0.142. The summed E-state index contributed by atoms with van der Waals surface area (Å²) in [5.74, 6) is 0.640. The highest BCUT2D eigenvalue weighted by atomic mass is 16.1. The van der Waals surface area contributed by atoms with Crippen molar-refractivity contribution in [2.45, 2.75) is 33.6 Å². The highest BCUT2D eigenvalue weighted by Crippen LogP contribution is 2.16.